The first-order chi connectivity index (χ1) is 7.83. The Bertz CT molecular complexity index is 348. The summed E-state index contributed by atoms with van der Waals surface area (Å²) in [7, 11) is 1.67. The maximum absolute atomic E-state index is 5.56. The van der Waals surface area contributed by atoms with Crippen molar-refractivity contribution in [1.82, 2.24) is 5.32 Å². The summed E-state index contributed by atoms with van der Waals surface area (Å²) in [6.07, 6.45) is 1.12. The summed E-state index contributed by atoms with van der Waals surface area (Å²) < 4.78 is 10.8. The van der Waals surface area contributed by atoms with E-state index < -0.39 is 0 Å². The first-order valence-corrected chi connectivity index (χ1v) is 5.84. The van der Waals surface area contributed by atoms with Gasteiger partial charge in [0, 0.05) is 0 Å². The number of hydrogen-bond donors (Lipinski definition) is 1. The fourth-order valence-electron chi connectivity index (χ4n) is 1.94. The SMILES string of the molecule is CCOc1cc(CC2CNC2)ccc1OC. The molecule has 0 unspecified atom stereocenters. The smallest absolute Gasteiger partial charge is 0.161 e. The molecule has 1 aromatic rings. The second-order valence-corrected chi connectivity index (χ2v) is 4.15. The molecule has 1 aromatic carbocycles. The van der Waals surface area contributed by atoms with Crippen molar-refractivity contribution in [1.29, 1.82) is 0 Å². The normalized spacial score (nSPS) is 15.6. The van der Waals surface area contributed by atoms with Crippen molar-refractivity contribution in [2.75, 3.05) is 26.8 Å². The Morgan fingerprint density at radius 1 is 1.31 bits per heavy atom. The highest BCUT2D eigenvalue weighted by molar-refractivity contribution is 5.43. The summed E-state index contributed by atoms with van der Waals surface area (Å²) in [6.45, 7) is 4.93. The number of hydrogen-bond acceptors (Lipinski definition) is 3. The van der Waals surface area contributed by atoms with E-state index in [1.165, 1.54) is 5.56 Å². The Morgan fingerprint density at radius 2 is 2.12 bits per heavy atom. The topological polar surface area (TPSA) is 30.5 Å². The van der Waals surface area contributed by atoms with Crippen LogP contribution in [0.25, 0.3) is 0 Å². The third-order valence-electron chi connectivity index (χ3n) is 2.92. The highest BCUT2D eigenvalue weighted by Gasteiger charge is 2.17. The molecule has 0 aromatic heterocycles. The standard InChI is InChI=1S/C13H19NO2/c1-3-16-13-7-10(4-5-12(13)15-2)6-11-8-14-9-11/h4-5,7,11,14H,3,6,8-9H2,1-2H3. The van der Waals surface area contributed by atoms with Gasteiger partial charge in [-0.15, -0.1) is 0 Å². The van der Waals surface area contributed by atoms with E-state index in [1.54, 1.807) is 7.11 Å². The quantitative estimate of drug-likeness (QED) is 0.823. The molecular weight excluding hydrogens is 202 g/mol. The van der Waals surface area contributed by atoms with Crippen LogP contribution < -0.4 is 14.8 Å². The Hall–Kier alpha value is -1.22. The van der Waals surface area contributed by atoms with Crippen molar-refractivity contribution in [3.05, 3.63) is 23.8 Å². The number of rotatable bonds is 5. The Kier molecular flexibility index (Phi) is 3.67. The maximum atomic E-state index is 5.56. The lowest BCUT2D eigenvalue weighted by atomic mass is 9.94. The molecule has 3 nitrogen and oxygen atoms in total. The van der Waals surface area contributed by atoms with Crippen molar-refractivity contribution >= 4 is 0 Å². The minimum Gasteiger partial charge on any atom is -0.493 e. The lowest BCUT2D eigenvalue weighted by Crippen LogP contribution is -2.43. The van der Waals surface area contributed by atoms with E-state index in [0.717, 1.165) is 36.9 Å². The van der Waals surface area contributed by atoms with Gasteiger partial charge in [0.05, 0.1) is 13.7 Å². The van der Waals surface area contributed by atoms with Crippen molar-refractivity contribution in [3.63, 3.8) is 0 Å². The lowest BCUT2D eigenvalue weighted by Gasteiger charge is -2.27. The summed E-state index contributed by atoms with van der Waals surface area (Å²) in [5.41, 5.74) is 1.33. The first-order valence-electron chi connectivity index (χ1n) is 5.84. The minimum atomic E-state index is 0.671. The number of nitrogens with one attached hydrogen (secondary N) is 1. The Balaban J connectivity index is 2.09. The van der Waals surface area contributed by atoms with Crippen LogP contribution in [0.1, 0.15) is 12.5 Å². The van der Waals surface area contributed by atoms with Gasteiger partial charge in [-0.1, -0.05) is 6.07 Å². The molecule has 0 spiro atoms. The summed E-state index contributed by atoms with van der Waals surface area (Å²) in [4.78, 5) is 0. The van der Waals surface area contributed by atoms with E-state index in [-0.39, 0.29) is 0 Å². The fourth-order valence-corrected chi connectivity index (χ4v) is 1.94. The number of methoxy groups -OCH3 is 1. The van der Waals surface area contributed by atoms with Crippen LogP contribution in [0.4, 0.5) is 0 Å². The molecule has 0 atom stereocenters. The van der Waals surface area contributed by atoms with E-state index in [4.69, 9.17) is 9.47 Å². The van der Waals surface area contributed by atoms with Crippen molar-refractivity contribution < 1.29 is 9.47 Å². The molecule has 2 rings (SSSR count). The van der Waals surface area contributed by atoms with E-state index in [1.807, 2.05) is 13.0 Å². The highest BCUT2D eigenvalue weighted by atomic mass is 16.5. The van der Waals surface area contributed by atoms with Gasteiger partial charge in [0.1, 0.15) is 0 Å². The van der Waals surface area contributed by atoms with Crippen LogP contribution in [0.15, 0.2) is 18.2 Å². The largest absolute Gasteiger partial charge is 0.493 e. The second-order valence-electron chi connectivity index (χ2n) is 4.15. The molecule has 1 saturated heterocycles. The molecule has 0 aliphatic carbocycles. The predicted octanol–water partition coefficient (Wildman–Crippen LogP) is 1.86. The predicted molar refractivity (Wildman–Crippen MR) is 64.2 cm³/mol. The summed E-state index contributed by atoms with van der Waals surface area (Å²) in [6, 6.07) is 6.22. The summed E-state index contributed by atoms with van der Waals surface area (Å²) in [5.74, 6) is 2.45. The molecular formula is C13H19NO2. The van der Waals surface area contributed by atoms with Crippen LogP contribution in [0.2, 0.25) is 0 Å². The summed E-state index contributed by atoms with van der Waals surface area (Å²) >= 11 is 0. The average molecular weight is 221 g/mol. The van der Waals surface area contributed by atoms with E-state index in [9.17, 15) is 0 Å². The molecule has 1 N–H and O–H groups in total. The average Bonchev–Trinajstić information content (AvgIpc) is 2.24. The van der Waals surface area contributed by atoms with Gasteiger partial charge in [0.25, 0.3) is 0 Å². The first kappa shape index (κ1) is 11.3. The van der Waals surface area contributed by atoms with Gasteiger partial charge >= 0.3 is 0 Å². The van der Waals surface area contributed by atoms with Gasteiger partial charge < -0.3 is 14.8 Å². The molecule has 0 radical (unpaired) electrons. The van der Waals surface area contributed by atoms with Crippen LogP contribution in [0.5, 0.6) is 11.5 Å². The number of benzene rings is 1. The van der Waals surface area contributed by atoms with Gasteiger partial charge in [-0.2, -0.15) is 0 Å². The molecule has 1 heterocycles. The molecule has 3 heteroatoms. The van der Waals surface area contributed by atoms with Crippen molar-refractivity contribution in [3.8, 4) is 11.5 Å². The molecule has 0 saturated carbocycles. The highest BCUT2D eigenvalue weighted by Crippen LogP contribution is 2.29. The maximum Gasteiger partial charge on any atom is 0.161 e. The molecule has 1 aliphatic rings. The molecule has 0 amide bonds. The van der Waals surface area contributed by atoms with Gasteiger partial charge in [0.2, 0.25) is 0 Å². The Morgan fingerprint density at radius 3 is 2.69 bits per heavy atom. The third kappa shape index (κ3) is 2.47. The summed E-state index contributed by atoms with van der Waals surface area (Å²) in [5, 5.41) is 3.29. The molecule has 0 bridgehead atoms. The number of ether oxygens (including phenoxy) is 2. The van der Waals surface area contributed by atoms with Gasteiger partial charge in [0.15, 0.2) is 11.5 Å². The van der Waals surface area contributed by atoms with E-state index >= 15 is 0 Å². The molecule has 88 valence electrons. The van der Waals surface area contributed by atoms with Crippen molar-refractivity contribution in [2.45, 2.75) is 13.3 Å². The monoisotopic (exact) mass is 221 g/mol. The molecule has 1 fully saturated rings. The van der Waals surface area contributed by atoms with Crippen LogP contribution in [0.3, 0.4) is 0 Å². The van der Waals surface area contributed by atoms with Crippen LogP contribution in [-0.4, -0.2) is 26.8 Å². The van der Waals surface area contributed by atoms with Gasteiger partial charge in [-0.25, -0.2) is 0 Å². The minimum absolute atomic E-state index is 0.671. The van der Waals surface area contributed by atoms with Gasteiger partial charge in [-0.3, -0.25) is 0 Å². The van der Waals surface area contributed by atoms with Gasteiger partial charge in [-0.05, 0) is 50.0 Å². The van der Waals surface area contributed by atoms with E-state index in [0.29, 0.717) is 6.61 Å². The van der Waals surface area contributed by atoms with Crippen molar-refractivity contribution in [2.24, 2.45) is 5.92 Å². The zero-order valence-electron chi connectivity index (χ0n) is 9.95. The van der Waals surface area contributed by atoms with Crippen LogP contribution in [-0.2, 0) is 6.42 Å². The van der Waals surface area contributed by atoms with Crippen LogP contribution in [0, 0.1) is 5.92 Å². The lowest BCUT2D eigenvalue weighted by molar-refractivity contribution is 0.309. The Labute approximate surface area is 96.8 Å². The second kappa shape index (κ2) is 5.21. The molecule has 1 aliphatic heterocycles. The zero-order valence-corrected chi connectivity index (χ0v) is 9.95. The van der Waals surface area contributed by atoms with Crippen LogP contribution >= 0.6 is 0 Å². The third-order valence-corrected chi connectivity index (χ3v) is 2.92. The van der Waals surface area contributed by atoms with E-state index in [2.05, 4.69) is 17.4 Å². The zero-order chi connectivity index (χ0) is 11.4. The molecule has 16 heavy (non-hydrogen) atoms. The fraction of sp³-hybridized carbons (Fsp3) is 0.538.